The number of fused-ring (bicyclic) bond motifs is 1. The Morgan fingerprint density at radius 2 is 1.71 bits per heavy atom. The SMILES string of the molecule is Cc1ccc(S(=O)(=O)Cc2ccc(C(=O)NC(C)c3nnc4ccccn34)cc2)cc1. The molecule has 158 valence electrons. The number of pyridine rings is 1. The Kier molecular flexibility index (Phi) is 5.56. The van der Waals surface area contributed by atoms with Crippen molar-refractivity contribution < 1.29 is 13.2 Å². The second-order valence-corrected chi connectivity index (χ2v) is 9.44. The quantitative estimate of drug-likeness (QED) is 0.501. The minimum absolute atomic E-state index is 0.125. The van der Waals surface area contributed by atoms with Crippen LogP contribution in [0.2, 0.25) is 0 Å². The third-order valence-electron chi connectivity index (χ3n) is 5.03. The molecule has 7 nitrogen and oxygen atoms in total. The first kappa shape index (κ1) is 20.7. The van der Waals surface area contributed by atoms with Crippen LogP contribution in [-0.4, -0.2) is 28.9 Å². The number of aromatic nitrogens is 3. The monoisotopic (exact) mass is 434 g/mol. The number of carbonyl (C=O) groups excluding carboxylic acids is 1. The van der Waals surface area contributed by atoms with E-state index in [1.165, 1.54) is 0 Å². The molecule has 0 aliphatic rings. The Morgan fingerprint density at radius 3 is 2.42 bits per heavy atom. The third-order valence-corrected chi connectivity index (χ3v) is 6.73. The molecule has 0 aliphatic heterocycles. The van der Waals surface area contributed by atoms with Crippen molar-refractivity contribution in [2.75, 3.05) is 0 Å². The largest absolute Gasteiger partial charge is 0.342 e. The zero-order valence-electron chi connectivity index (χ0n) is 17.2. The number of sulfone groups is 1. The molecule has 1 N–H and O–H groups in total. The van der Waals surface area contributed by atoms with Gasteiger partial charge in [-0.1, -0.05) is 35.9 Å². The van der Waals surface area contributed by atoms with Crippen molar-refractivity contribution >= 4 is 21.4 Å². The molecule has 2 aromatic heterocycles. The average Bonchev–Trinajstić information content (AvgIpc) is 3.18. The molecule has 2 aromatic carbocycles. The van der Waals surface area contributed by atoms with Crippen molar-refractivity contribution in [1.82, 2.24) is 19.9 Å². The van der Waals surface area contributed by atoms with Gasteiger partial charge in [0.15, 0.2) is 21.3 Å². The normalized spacial score (nSPS) is 12.6. The topological polar surface area (TPSA) is 93.4 Å². The molecular formula is C23H22N4O3S. The van der Waals surface area contributed by atoms with Crippen molar-refractivity contribution in [2.24, 2.45) is 0 Å². The smallest absolute Gasteiger partial charge is 0.251 e. The second kappa shape index (κ2) is 8.31. The number of aryl methyl sites for hydroxylation is 1. The van der Waals surface area contributed by atoms with E-state index in [2.05, 4.69) is 15.5 Å². The van der Waals surface area contributed by atoms with Gasteiger partial charge in [-0.2, -0.15) is 0 Å². The lowest BCUT2D eigenvalue weighted by Gasteiger charge is -2.13. The van der Waals surface area contributed by atoms with Crippen LogP contribution in [0, 0.1) is 6.92 Å². The minimum Gasteiger partial charge on any atom is -0.342 e. The number of benzene rings is 2. The molecule has 0 radical (unpaired) electrons. The fourth-order valence-electron chi connectivity index (χ4n) is 3.30. The maximum Gasteiger partial charge on any atom is 0.251 e. The van der Waals surface area contributed by atoms with Gasteiger partial charge < -0.3 is 5.32 Å². The molecule has 8 heteroatoms. The van der Waals surface area contributed by atoms with Gasteiger partial charge in [-0.3, -0.25) is 9.20 Å². The second-order valence-electron chi connectivity index (χ2n) is 7.45. The molecule has 0 bridgehead atoms. The van der Waals surface area contributed by atoms with E-state index in [-0.39, 0.29) is 22.6 Å². The predicted molar refractivity (Wildman–Crippen MR) is 117 cm³/mol. The molecular weight excluding hydrogens is 412 g/mol. The van der Waals surface area contributed by atoms with E-state index in [1.807, 2.05) is 42.6 Å². The van der Waals surface area contributed by atoms with Gasteiger partial charge in [0.05, 0.1) is 16.7 Å². The zero-order chi connectivity index (χ0) is 22.0. The molecule has 1 atom stereocenters. The van der Waals surface area contributed by atoms with E-state index in [9.17, 15) is 13.2 Å². The highest BCUT2D eigenvalue weighted by Crippen LogP contribution is 2.18. The lowest BCUT2D eigenvalue weighted by atomic mass is 10.1. The summed E-state index contributed by atoms with van der Waals surface area (Å²) < 4.78 is 27.1. The Morgan fingerprint density at radius 1 is 1.00 bits per heavy atom. The standard InChI is InChI=1S/C23H22N4O3S/c1-16-6-12-20(13-7-16)31(29,30)15-18-8-10-19(11-9-18)23(28)24-17(2)22-26-25-21-5-3-4-14-27(21)22/h3-14,17H,15H2,1-2H3,(H,24,28). The van der Waals surface area contributed by atoms with Gasteiger partial charge in [0.25, 0.3) is 5.91 Å². The third kappa shape index (κ3) is 4.49. The van der Waals surface area contributed by atoms with Crippen molar-refractivity contribution in [3.8, 4) is 0 Å². The fourth-order valence-corrected chi connectivity index (χ4v) is 4.65. The van der Waals surface area contributed by atoms with E-state index < -0.39 is 9.84 Å². The lowest BCUT2D eigenvalue weighted by Crippen LogP contribution is -2.28. The first-order valence-electron chi connectivity index (χ1n) is 9.82. The predicted octanol–water partition coefficient (Wildman–Crippen LogP) is 3.50. The van der Waals surface area contributed by atoms with Gasteiger partial charge in [0.1, 0.15) is 0 Å². The van der Waals surface area contributed by atoms with Crippen LogP contribution in [0.15, 0.2) is 77.8 Å². The van der Waals surface area contributed by atoms with Crippen LogP contribution in [0.4, 0.5) is 0 Å². The van der Waals surface area contributed by atoms with Gasteiger partial charge in [0.2, 0.25) is 0 Å². The molecule has 31 heavy (non-hydrogen) atoms. The van der Waals surface area contributed by atoms with Gasteiger partial charge in [-0.05, 0) is 55.8 Å². The van der Waals surface area contributed by atoms with Crippen LogP contribution >= 0.6 is 0 Å². The van der Waals surface area contributed by atoms with Crippen molar-refractivity contribution in [3.63, 3.8) is 0 Å². The Bertz CT molecular complexity index is 1330. The summed E-state index contributed by atoms with van der Waals surface area (Å²) in [5, 5.41) is 11.2. The van der Waals surface area contributed by atoms with Crippen LogP contribution in [0.1, 0.15) is 40.3 Å². The number of hydrogen-bond donors (Lipinski definition) is 1. The first-order chi connectivity index (χ1) is 14.8. The first-order valence-corrected chi connectivity index (χ1v) is 11.5. The Hall–Kier alpha value is -3.52. The van der Waals surface area contributed by atoms with E-state index in [0.29, 0.717) is 22.6 Å². The number of rotatable bonds is 6. The van der Waals surface area contributed by atoms with Crippen molar-refractivity contribution in [2.45, 2.75) is 30.5 Å². The molecule has 0 saturated carbocycles. The van der Waals surface area contributed by atoms with Crippen molar-refractivity contribution in [1.29, 1.82) is 0 Å². The highest BCUT2D eigenvalue weighted by Gasteiger charge is 2.18. The highest BCUT2D eigenvalue weighted by atomic mass is 32.2. The molecule has 1 amide bonds. The summed E-state index contributed by atoms with van der Waals surface area (Å²) in [4.78, 5) is 12.9. The van der Waals surface area contributed by atoms with E-state index >= 15 is 0 Å². The molecule has 0 spiro atoms. The fraction of sp³-hybridized carbons (Fsp3) is 0.174. The van der Waals surface area contributed by atoms with E-state index in [4.69, 9.17) is 0 Å². The summed E-state index contributed by atoms with van der Waals surface area (Å²) in [5.74, 6) is 0.234. The van der Waals surface area contributed by atoms with Gasteiger partial charge in [-0.15, -0.1) is 10.2 Å². The van der Waals surface area contributed by atoms with Crippen LogP contribution < -0.4 is 5.32 Å². The Balaban J connectivity index is 1.45. The molecule has 4 rings (SSSR count). The van der Waals surface area contributed by atoms with Gasteiger partial charge >= 0.3 is 0 Å². The zero-order valence-corrected chi connectivity index (χ0v) is 18.0. The molecule has 0 aliphatic carbocycles. The average molecular weight is 435 g/mol. The van der Waals surface area contributed by atoms with Crippen molar-refractivity contribution in [3.05, 3.63) is 95.4 Å². The summed E-state index contributed by atoms with van der Waals surface area (Å²) in [6.07, 6.45) is 1.84. The van der Waals surface area contributed by atoms with Gasteiger partial charge in [-0.25, -0.2) is 8.42 Å². The van der Waals surface area contributed by atoms with Gasteiger partial charge in [0, 0.05) is 11.8 Å². The summed E-state index contributed by atoms with van der Waals surface area (Å²) in [6.45, 7) is 3.75. The maximum atomic E-state index is 12.6. The molecule has 4 aromatic rings. The maximum absolute atomic E-state index is 12.6. The van der Waals surface area contributed by atoms with Crippen LogP contribution in [0.3, 0.4) is 0 Å². The molecule has 0 saturated heterocycles. The molecule has 1 unspecified atom stereocenters. The number of hydrogen-bond acceptors (Lipinski definition) is 5. The number of amides is 1. The van der Waals surface area contributed by atoms with E-state index in [0.717, 1.165) is 5.56 Å². The summed E-state index contributed by atoms with van der Waals surface area (Å²) >= 11 is 0. The lowest BCUT2D eigenvalue weighted by molar-refractivity contribution is 0.0938. The summed E-state index contributed by atoms with van der Waals surface area (Å²) in [6, 6.07) is 18.6. The minimum atomic E-state index is -3.45. The van der Waals surface area contributed by atoms with Crippen LogP contribution in [0.5, 0.6) is 0 Å². The Labute approximate surface area is 180 Å². The molecule has 0 fully saturated rings. The summed E-state index contributed by atoms with van der Waals surface area (Å²) in [5.41, 5.74) is 2.77. The van der Waals surface area contributed by atoms with Crippen LogP contribution in [-0.2, 0) is 15.6 Å². The number of nitrogens with one attached hydrogen (secondary N) is 1. The van der Waals surface area contributed by atoms with E-state index in [1.54, 1.807) is 48.5 Å². The number of nitrogens with zero attached hydrogens (tertiary/aromatic N) is 3. The van der Waals surface area contributed by atoms with Crippen LogP contribution in [0.25, 0.3) is 5.65 Å². The molecule has 2 heterocycles. The summed E-state index contributed by atoms with van der Waals surface area (Å²) in [7, 11) is -3.45. The highest BCUT2D eigenvalue weighted by molar-refractivity contribution is 7.90. The number of carbonyl (C=O) groups is 1.